The minimum atomic E-state index is -0.461. The number of para-hydroxylation sites is 1. The van der Waals surface area contributed by atoms with Gasteiger partial charge in [0, 0.05) is 18.0 Å². The van der Waals surface area contributed by atoms with Crippen molar-refractivity contribution in [3.63, 3.8) is 0 Å². The van der Waals surface area contributed by atoms with Gasteiger partial charge in [-0.1, -0.05) is 18.2 Å². The molecule has 4 nitrogen and oxygen atoms in total. The number of fused-ring (bicyclic) bond motifs is 1. The Morgan fingerprint density at radius 1 is 1.26 bits per heavy atom. The van der Waals surface area contributed by atoms with E-state index in [4.69, 9.17) is 4.74 Å². The second kappa shape index (κ2) is 4.10. The van der Waals surface area contributed by atoms with Crippen LogP contribution in [0, 0.1) is 0 Å². The van der Waals surface area contributed by atoms with Crippen molar-refractivity contribution in [2.45, 2.75) is 37.5 Å². The number of hydrogen-bond acceptors (Lipinski definition) is 3. The van der Waals surface area contributed by atoms with Gasteiger partial charge in [-0.25, -0.2) is 4.98 Å². The van der Waals surface area contributed by atoms with Crippen LogP contribution in [0.3, 0.4) is 0 Å². The summed E-state index contributed by atoms with van der Waals surface area (Å²) in [6.07, 6.45) is 6.21. The molecule has 1 aliphatic heterocycles. The van der Waals surface area contributed by atoms with E-state index in [1.165, 1.54) is 12.8 Å². The summed E-state index contributed by atoms with van der Waals surface area (Å²) < 4.78 is 8.24. The molecule has 1 aromatic heterocycles. The van der Waals surface area contributed by atoms with E-state index in [2.05, 4.69) is 9.55 Å². The molecular weight excluding hydrogens is 240 g/mol. The third-order valence-electron chi connectivity index (χ3n) is 3.95. The maximum atomic E-state index is 10.3. The van der Waals surface area contributed by atoms with Crippen molar-refractivity contribution in [1.82, 2.24) is 9.55 Å². The van der Waals surface area contributed by atoms with E-state index in [1.54, 1.807) is 0 Å². The molecule has 1 aromatic carbocycles. The van der Waals surface area contributed by atoms with E-state index < -0.39 is 6.10 Å². The number of hydrogen-bond donors (Lipinski definition) is 1. The molecule has 1 aliphatic carbocycles. The first-order valence-corrected chi connectivity index (χ1v) is 6.78. The van der Waals surface area contributed by atoms with E-state index in [-0.39, 0.29) is 6.10 Å². The molecule has 1 saturated carbocycles. The fourth-order valence-corrected chi connectivity index (χ4v) is 2.80. The molecule has 0 amide bonds. The summed E-state index contributed by atoms with van der Waals surface area (Å²) in [5, 5.41) is 10.3. The highest BCUT2D eigenvalue weighted by Crippen LogP contribution is 2.43. The maximum absolute atomic E-state index is 10.3. The Hall–Kier alpha value is -1.81. The zero-order valence-electron chi connectivity index (χ0n) is 10.6. The van der Waals surface area contributed by atoms with Gasteiger partial charge in [0.25, 0.3) is 0 Å². The molecule has 0 bridgehead atoms. The van der Waals surface area contributed by atoms with Gasteiger partial charge in [0.15, 0.2) is 0 Å². The van der Waals surface area contributed by atoms with Gasteiger partial charge in [0.1, 0.15) is 11.9 Å². The van der Waals surface area contributed by atoms with E-state index >= 15 is 0 Å². The Balaban J connectivity index is 1.69. The van der Waals surface area contributed by atoms with E-state index in [0.29, 0.717) is 12.5 Å². The number of nitrogens with zero attached hydrogens (tertiary/aromatic N) is 2. The Morgan fingerprint density at radius 3 is 2.95 bits per heavy atom. The molecule has 98 valence electrons. The molecule has 0 spiro atoms. The van der Waals surface area contributed by atoms with Gasteiger partial charge < -0.3 is 14.4 Å². The highest BCUT2D eigenvalue weighted by atomic mass is 16.5. The van der Waals surface area contributed by atoms with E-state index in [1.807, 2.05) is 36.8 Å². The second-order valence-electron chi connectivity index (χ2n) is 5.35. The zero-order valence-corrected chi connectivity index (χ0v) is 10.6. The van der Waals surface area contributed by atoms with Crippen LogP contribution in [0.15, 0.2) is 36.8 Å². The monoisotopic (exact) mass is 256 g/mol. The zero-order chi connectivity index (χ0) is 12.8. The molecule has 1 fully saturated rings. The lowest BCUT2D eigenvalue weighted by Gasteiger charge is -2.30. The number of imidazole rings is 1. The van der Waals surface area contributed by atoms with Gasteiger partial charge in [-0.05, 0) is 18.9 Å². The van der Waals surface area contributed by atoms with Gasteiger partial charge in [-0.3, -0.25) is 0 Å². The first-order valence-electron chi connectivity index (χ1n) is 6.78. The summed E-state index contributed by atoms with van der Waals surface area (Å²) in [7, 11) is 0. The first kappa shape index (κ1) is 11.1. The fourth-order valence-electron chi connectivity index (χ4n) is 2.80. The predicted molar refractivity (Wildman–Crippen MR) is 69.9 cm³/mol. The summed E-state index contributed by atoms with van der Waals surface area (Å²) in [5.41, 5.74) is 1.97. The number of rotatable bonds is 2. The summed E-state index contributed by atoms with van der Waals surface area (Å²) in [4.78, 5) is 4.24. The lowest BCUT2D eigenvalue weighted by Crippen LogP contribution is -2.21. The van der Waals surface area contributed by atoms with Crippen LogP contribution in [0.5, 0.6) is 5.75 Å². The van der Waals surface area contributed by atoms with Crippen LogP contribution in [-0.4, -0.2) is 14.7 Å². The Labute approximate surface area is 111 Å². The third-order valence-corrected chi connectivity index (χ3v) is 3.95. The van der Waals surface area contributed by atoms with Gasteiger partial charge in [0.2, 0.25) is 0 Å². The summed E-state index contributed by atoms with van der Waals surface area (Å²) in [6, 6.07) is 8.29. The van der Waals surface area contributed by atoms with Crippen LogP contribution in [0.4, 0.5) is 0 Å². The molecule has 4 heteroatoms. The molecule has 0 saturated heterocycles. The van der Waals surface area contributed by atoms with Gasteiger partial charge >= 0.3 is 0 Å². The van der Waals surface area contributed by atoms with Gasteiger partial charge in [-0.2, -0.15) is 0 Å². The largest absolute Gasteiger partial charge is 0.484 e. The summed E-state index contributed by atoms with van der Waals surface area (Å²) in [6.45, 7) is 0. The van der Waals surface area contributed by atoms with Crippen LogP contribution in [-0.2, 0) is 0 Å². The number of ether oxygens (including phenoxy) is 1. The Bertz CT molecular complexity index is 604. The highest BCUT2D eigenvalue weighted by Gasteiger charge is 2.33. The normalized spacial score (nSPS) is 25.7. The molecular formula is C15H16N2O2. The maximum Gasteiger partial charge on any atom is 0.143 e. The van der Waals surface area contributed by atoms with Crippen LogP contribution in [0.25, 0.3) is 0 Å². The molecule has 2 aromatic rings. The minimum absolute atomic E-state index is 0.104. The third kappa shape index (κ3) is 1.83. The molecule has 1 N–H and O–H groups in total. The average molecular weight is 256 g/mol. The lowest BCUT2D eigenvalue weighted by atomic mass is 9.98. The SMILES string of the molecule is O[C@H]1CC(c2cncn2C2CC2)Oc2ccccc21. The van der Waals surface area contributed by atoms with Crippen molar-refractivity contribution in [1.29, 1.82) is 0 Å². The summed E-state index contributed by atoms with van der Waals surface area (Å²) >= 11 is 0. The van der Waals surface area contributed by atoms with Crippen LogP contribution >= 0.6 is 0 Å². The van der Waals surface area contributed by atoms with E-state index in [0.717, 1.165) is 17.0 Å². The van der Waals surface area contributed by atoms with Crippen LogP contribution in [0.1, 0.15) is 48.8 Å². The van der Waals surface area contributed by atoms with Crippen molar-refractivity contribution in [2.24, 2.45) is 0 Å². The molecule has 2 aliphatic rings. The summed E-state index contributed by atoms with van der Waals surface area (Å²) in [5.74, 6) is 0.787. The quantitative estimate of drug-likeness (QED) is 0.898. The average Bonchev–Trinajstić information content (AvgIpc) is 3.16. The Kier molecular flexibility index (Phi) is 2.38. The molecule has 2 heterocycles. The predicted octanol–water partition coefficient (Wildman–Crippen LogP) is 2.78. The topological polar surface area (TPSA) is 47.3 Å². The first-order chi connectivity index (χ1) is 9.33. The van der Waals surface area contributed by atoms with Crippen molar-refractivity contribution >= 4 is 0 Å². The lowest BCUT2D eigenvalue weighted by molar-refractivity contribution is 0.0618. The van der Waals surface area contributed by atoms with Crippen LogP contribution < -0.4 is 4.74 Å². The van der Waals surface area contributed by atoms with Crippen LogP contribution in [0.2, 0.25) is 0 Å². The minimum Gasteiger partial charge on any atom is -0.484 e. The molecule has 4 rings (SSSR count). The second-order valence-corrected chi connectivity index (χ2v) is 5.35. The number of aliphatic hydroxyl groups excluding tert-OH is 1. The van der Waals surface area contributed by atoms with Gasteiger partial charge in [-0.15, -0.1) is 0 Å². The van der Waals surface area contributed by atoms with Gasteiger partial charge in [0.05, 0.1) is 24.3 Å². The highest BCUT2D eigenvalue weighted by molar-refractivity contribution is 5.37. The molecule has 19 heavy (non-hydrogen) atoms. The van der Waals surface area contributed by atoms with Crippen molar-refractivity contribution < 1.29 is 9.84 Å². The Morgan fingerprint density at radius 2 is 2.11 bits per heavy atom. The molecule has 2 atom stereocenters. The fraction of sp³-hybridized carbons (Fsp3) is 0.400. The standard InChI is InChI=1S/C15H16N2O2/c18-13-7-15(19-14-4-2-1-3-11(13)14)12-8-16-9-17(12)10-5-6-10/h1-4,8-10,13,15,18H,5-7H2/t13-,15?/m0/s1. The van der Waals surface area contributed by atoms with Crippen molar-refractivity contribution in [2.75, 3.05) is 0 Å². The molecule has 0 radical (unpaired) electrons. The number of aromatic nitrogens is 2. The number of benzene rings is 1. The van der Waals surface area contributed by atoms with Crippen molar-refractivity contribution in [3.8, 4) is 5.75 Å². The van der Waals surface area contributed by atoms with E-state index in [9.17, 15) is 5.11 Å². The number of aliphatic hydroxyl groups is 1. The smallest absolute Gasteiger partial charge is 0.143 e. The molecule has 1 unspecified atom stereocenters. The van der Waals surface area contributed by atoms with Crippen molar-refractivity contribution in [3.05, 3.63) is 48.0 Å².